The predicted molar refractivity (Wildman–Crippen MR) is 122 cm³/mol. The van der Waals surface area contributed by atoms with Gasteiger partial charge in [0.25, 0.3) is 0 Å². The summed E-state index contributed by atoms with van der Waals surface area (Å²) in [7, 11) is 1.58. The third-order valence-corrected chi connectivity index (χ3v) is 5.68. The molecule has 2 rings (SSSR count). The van der Waals surface area contributed by atoms with Crippen molar-refractivity contribution < 1.29 is 14.3 Å². The first kappa shape index (κ1) is 22.7. The molecule has 0 aliphatic carbocycles. The number of carbonyl (C=O) groups excluding carboxylic acids is 1. The number of halogens is 1. The topological polar surface area (TPSA) is 47.6 Å². The maximum absolute atomic E-state index is 12.7. The van der Waals surface area contributed by atoms with Gasteiger partial charge in [-0.25, -0.2) is 0 Å². The van der Waals surface area contributed by atoms with E-state index in [1.165, 1.54) is 11.8 Å². The van der Waals surface area contributed by atoms with E-state index >= 15 is 0 Å². The van der Waals surface area contributed by atoms with Crippen molar-refractivity contribution in [2.24, 2.45) is 0 Å². The van der Waals surface area contributed by atoms with Gasteiger partial charge in [0.05, 0.1) is 12.9 Å². The zero-order valence-corrected chi connectivity index (χ0v) is 18.5. The van der Waals surface area contributed by atoms with E-state index in [1.807, 2.05) is 42.5 Å². The van der Waals surface area contributed by atoms with Crippen molar-refractivity contribution in [2.75, 3.05) is 26.0 Å². The number of rotatable bonds is 10. The Morgan fingerprint density at radius 2 is 1.93 bits per heavy atom. The van der Waals surface area contributed by atoms with Gasteiger partial charge in [0.1, 0.15) is 11.9 Å². The third-order valence-electron chi connectivity index (χ3n) is 4.00. The minimum Gasteiger partial charge on any atom is -0.493 e. The Labute approximate surface area is 184 Å². The highest BCUT2D eigenvalue weighted by molar-refractivity contribution is 9.10. The number of terminal acetylenes is 2. The van der Waals surface area contributed by atoms with Crippen LogP contribution in [0.2, 0.25) is 0 Å². The lowest BCUT2D eigenvalue weighted by molar-refractivity contribution is -0.120. The zero-order chi connectivity index (χ0) is 21.1. The maximum Gasteiger partial charge on any atom is 0.237 e. The van der Waals surface area contributed by atoms with Crippen molar-refractivity contribution in [3.63, 3.8) is 0 Å². The second-order valence-electron chi connectivity index (χ2n) is 5.97. The Morgan fingerprint density at radius 1 is 1.17 bits per heavy atom. The lowest BCUT2D eigenvalue weighted by Gasteiger charge is -2.16. The van der Waals surface area contributed by atoms with Gasteiger partial charge in [-0.15, -0.1) is 24.6 Å². The molecular weight excluding hydrogens is 450 g/mol. The number of hydrogen-bond acceptors (Lipinski definition) is 4. The molecule has 0 aromatic heterocycles. The van der Waals surface area contributed by atoms with Gasteiger partial charge in [0, 0.05) is 11.0 Å². The van der Waals surface area contributed by atoms with E-state index in [1.54, 1.807) is 7.11 Å². The quantitative estimate of drug-likeness (QED) is 0.526. The summed E-state index contributed by atoms with van der Waals surface area (Å²) < 4.78 is 11.8. The maximum atomic E-state index is 12.7. The van der Waals surface area contributed by atoms with Crippen molar-refractivity contribution >= 4 is 33.6 Å². The molecule has 6 heteroatoms. The first-order valence-electron chi connectivity index (χ1n) is 8.90. The van der Waals surface area contributed by atoms with E-state index in [0.29, 0.717) is 30.2 Å². The van der Waals surface area contributed by atoms with Gasteiger partial charge in [-0.1, -0.05) is 46.0 Å². The minimum atomic E-state index is -0.353. The lowest BCUT2D eigenvalue weighted by atomic mass is 10.1. The minimum absolute atomic E-state index is 0.0616. The van der Waals surface area contributed by atoms with Crippen molar-refractivity contribution in [1.82, 2.24) is 5.32 Å². The standard InChI is InChI=1S/C23H22BrNO3S/c1-4-14-28-20-11-6-17(16-21(20)27-3)12-13-25-23(26)22(29-15-5-2)18-7-9-19(24)10-8-18/h1-2,6-11,16,22H,12-15H2,3H3,(H,25,26). The van der Waals surface area contributed by atoms with E-state index in [-0.39, 0.29) is 17.8 Å². The highest BCUT2D eigenvalue weighted by Gasteiger charge is 2.20. The first-order valence-corrected chi connectivity index (χ1v) is 10.7. The fraction of sp³-hybridized carbons (Fsp3) is 0.261. The molecule has 1 N–H and O–H groups in total. The smallest absolute Gasteiger partial charge is 0.237 e. The SMILES string of the molecule is C#CCOc1ccc(CCNC(=O)C(SCC#C)c2ccc(Br)cc2)cc1OC. The molecule has 1 unspecified atom stereocenters. The van der Waals surface area contributed by atoms with Gasteiger partial charge in [0.2, 0.25) is 5.91 Å². The van der Waals surface area contributed by atoms with E-state index in [2.05, 4.69) is 33.1 Å². The lowest BCUT2D eigenvalue weighted by Crippen LogP contribution is -2.30. The molecule has 0 saturated heterocycles. The third kappa shape index (κ3) is 7.09. The van der Waals surface area contributed by atoms with Crippen LogP contribution < -0.4 is 14.8 Å². The molecule has 0 spiro atoms. The Bertz CT molecular complexity index is 900. The summed E-state index contributed by atoms with van der Waals surface area (Å²) >= 11 is 4.85. The summed E-state index contributed by atoms with van der Waals surface area (Å²) in [6, 6.07) is 13.3. The molecule has 2 aromatic rings. The molecule has 0 heterocycles. The number of nitrogens with one attached hydrogen (secondary N) is 1. The summed E-state index contributed by atoms with van der Waals surface area (Å²) in [4.78, 5) is 12.7. The molecule has 150 valence electrons. The molecule has 0 bridgehead atoms. The van der Waals surface area contributed by atoms with E-state index in [0.717, 1.165) is 15.6 Å². The predicted octanol–water partition coefficient (Wildman–Crippen LogP) is 4.24. The van der Waals surface area contributed by atoms with Crippen LogP contribution in [-0.2, 0) is 11.2 Å². The second kappa shape index (κ2) is 12.1. The van der Waals surface area contributed by atoms with Crippen molar-refractivity contribution in [1.29, 1.82) is 0 Å². The van der Waals surface area contributed by atoms with Crippen molar-refractivity contribution in [3.05, 3.63) is 58.1 Å². The fourth-order valence-electron chi connectivity index (χ4n) is 2.62. The highest BCUT2D eigenvalue weighted by atomic mass is 79.9. The number of amides is 1. The Morgan fingerprint density at radius 3 is 2.59 bits per heavy atom. The van der Waals surface area contributed by atoms with Crippen LogP contribution in [0.25, 0.3) is 0 Å². The average molecular weight is 472 g/mol. The Balaban J connectivity index is 1.98. The fourth-order valence-corrected chi connectivity index (χ4v) is 3.73. The molecule has 0 radical (unpaired) electrons. The van der Waals surface area contributed by atoms with Crippen LogP contribution >= 0.6 is 27.7 Å². The van der Waals surface area contributed by atoms with Crippen LogP contribution in [0, 0.1) is 24.7 Å². The van der Waals surface area contributed by atoms with Crippen molar-refractivity contribution in [3.8, 4) is 36.2 Å². The molecule has 0 aliphatic rings. The van der Waals surface area contributed by atoms with Crippen LogP contribution in [0.5, 0.6) is 11.5 Å². The van der Waals surface area contributed by atoms with Gasteiger partial charge in [-0.2, -0.15) is 0 Å². The van der Waals surface area contributed by atoms with Crippen LogP contribution in [0.1, 0.15) is 16.4 Å². The number of ether oxygens (including phenoxy) is 2. The van der Waals surface area contributed by atoms with Gasteiger partial charge in [-0.3, -0.25) is 4.79 Å². The zero-order valence-electron chi connectivity index (χ0n) is 16.1. The molecule has 4 nitrogen and oxygen atoms in total. The van der Waals surface area contributed by atoms with Gasteiger partial charge in [-0.05, 0) is 41.8 Å². The number of hydrogen-bond donors (Lipinski definition) is 1. The summed E-state index contributed by atoms with van der Waals surface area (Å²) in [6.45, 7) is 0.675. The Hall–Kier alpha value is -2.54. The van der Waals surface area contributed by atoms with Crippen molar-refractivity contribution in [2.45, 2.75) is 11.7 Å². The van der Waals surface area contributed by atoms with Crippen LogP contribution in [0.3, 0.4) is 0 Å². The molecular formula is C23H22BrNO3S. The summed E-state index contributed by atoms with van der Waals surface area (Å²) in [6.07, 6.45) is 11.3. The molecule has 1 atom stereocenters. The first-order chi connectivity index (χ1) is 14.1. The molecule has 0 aliphatic heterocycles. The molecule has 1 amide bonds. The van der Waals surface area contributed by atoms with E-state index < -0.39 is 0 Å². The summed E-state index contributed by atoms with van der Waals surface area (Å²) in [5, 5.41) is 2.65. The Kier molecular flexibility index (Phi) is 9.50. The number of thioether (sulfide) groups is 1. The number of carbonyl (C=O) groups is 1. The average Bonchev–Trinajstić information content (AvgIpc) is 2.74. The monoisotopic (exact) mass is 471 g/mol. The largest absolute Gasteiger partial charge is 0.493 e. The van der Waals surface area contributed by atoms with Crippen LogP contribution in [0.15, 0.2) is 46.9 Å². The van der Waals surface area contributed by atoms with Gasteiger partial charge in [0.15, 0.2) is 11.5 Å². The van der Waals surface area contributed by atoms with E-state index in [9.17, 15) is 4.79 Å². The number of benzene rings is 2. The van der Waals surface area contributed by atoms with Gasteiger partial charge >= 0.3 is 0 Å². The molecule has 29 heavy (non-hydrogen) atoms. The van der Waals surface area contributed by atoms with Crippen LogP contribution in [-0.4, -0.2) is 31.9 Å². The molecule has 0 saturated carbocycles. The molecule has 0 fully saturated rings. The number of methoxy groups -OCH3 is 1. The van der Waals surface area contributed by atoms with E-state index in [4.69, 9.17) is 22.3 Å². The highest BCUT2D eigenvalue weighted by Crippen LogP contribution is 2.30. The summed E-state index contributed by atoms with van der Waals surface area (Å²) in [5.41, 5.74) is 1.94. The van der Waals surface area contributed by atoms with Gasteiger partial charge < -0.3 is 14.8 Å². The normalized spacial score (nSPS) is 11.0. The van der Waals surface area contributed by atoms with Crippen LogP contribution in [0.4, 0.5) is 0 Å². The molecule has 2 aromatic carbocycles. The summed E-state index contributed by atoms with van der Waals surface area (Å²) in [5.74, 6) is 6.62. The second-order valence-corrected chi connectivity index (χ2v) is 7.97.